The van der Waals surface area contributed by atoms with Crippen molar-refractivity contribution in [3.8, 4) is 5.75 Å². The van der Waals surface area contributed by atoms with Crippen molar-refractivity contribution in [2.45, 2.75) is 57.4 Å². The van der Waals surface area contributed by atoms with E-state index in [2.05, 4.69) is 20.2 Å². The third-order valence-electron chi connectivity index (χ3n) is 4.97. The van der Waals surface area contributed by atoms with Gasteiger partial charge in [0.2, 0.25) is 0 Å². The van der Waals surface area contributed by atoms with Gasteiger partial charge in [0.05, 0.1) is 5.75 Å². The standard InChI is InChI=1S/C21H23ClN6O4S/c1-3-5-10-28-18-17(19(29)24-20(28)30)27(4-2)15(23-18)12-33-21-26-25-16(32-21)11-31-14-8-6-13(22)7-9-14/h6-9H,3-5,10-12H2,1-2H3,(H,24,29,30). The zero-order valence-electron chi connectivity index (χ0n) is 18.2. The number of imidazole rings is 1. The number of nitrogens with zero attached hydrogens (tertiary/aromatic N) is 5. The van der Waals surface area contributed by atoms with Gasteiger partial charge in [-0.15, -0.1) is 10.2 Å². The molecule has 10 nitrogen and oxygen atoms in total. The third-order valence-corrected chi connectivity index (χ3v) is 6.03. The summed E-state index contributed by atoms with van der Waals surface area (Å²) in [6.07, 6.45) is 1.73. The molecule has 4 rings (SSSR count). The Morgan fingerprint density at radius 1 is 1.15 bits per heavy atom. The Morgan fingerprint density at radius 3 is 2.67 bits per heavy atom. The van der Waals surface area contributed by atoms with Crippen molar-refractivity contribution in [1.82, 2.24) is 29.3 Å². The Kier molecular flexibility index (Phi) is 7.19. The minimum absolute atomic E-state index is 0.127. The van der Waals surface area contributed by atoms with Crippen molar-refractivity contribution < 1.29 is 9.15 Å². The number of unbranched alkanes of at least 4 members (excludes halogenated alkanes) is 1. The number of H-pyrrole nitrogens is 1. The summed E-state index contributed by atoms with van der Waals surface area (Å²) < 4.78 is 14.6. The predicted octanol–water partition coefficient (Wildman–Crippen LogP) is 3.61. The monoisotopic (exact) mass is 490 g/mol. The Hall–Kier alpha value is -3.05. The summed E-state index contributed by atoms with van der Waals surface area (Å²) in [5, 5.41) is 9.03. The number of aromatic amines is 1. The Labute approximate surface area is 197 Å². The van der Waals surface area contributed by atoms with Crippen LogP contribution in [0.25, 0.3) is 11.2 Å². The second-order valence-corrected chi connectivity index (χ2v) is 8.56. The number of thioether (sulfide) groups is 1. The second kappa shape index (κ2) is 10.3. The minimum Gasteiger partial charge on any atom is -0.484 e. The summed E-state index contributed by atoms with van der Waals surface area (Å²) >= 11 is 7.17. The molecular formula is C21H23ClN6O4S. The van der Waals surface area contributed by atoms with Crippen LogP contribution in [0.2, 0.25) is 5.02 Å². The zero-order chi connectivity index (χ0) is 23.4. The van der Waals surface area contributed by atoms with Gasteiger partial charge in [-0.3, -0.25) is 14.3 Å². The van der Waals surface area contributed by atoms with Gasteiger partial charge in [-0.05, 0) is 37.6 Å². The van der Waals surface area contributed by atoms with Crippen molar-refractivity contribution in [1.29, 1.82) is 0 Å². The zero-order valence-corrected chi connectivity index (χ0v) is 19.8. The van der Waals surface area contributed by atoms with Gasteiger partial charge in [-0.2, -0.15) is 0 Å². The highest BCUT2D eigenvalue weighted by molar-refractivity contribution is 7.98. The van der Waals surface area contributed by atoms with Gasteiger partial charge in [0, 0.05) is 18.1 Å². The van der Waals surface area contributed by atoms with Gasteiger partial charge in [0.15, 0.2) is 17.8 Å². The number of rotatable bonds is 10. The highest BCUT2D eigenvalue weighted by Gasteiger charge is 2.18. The minimum atomic E-state index is -0.442. The molecular weight excluding hydrogens is 468 g/mol. The van der Waals surface area contributed by atoms with E-state index in [0.717, 1.165) is 12.8 Å². The van der Waals surface area contributed by atoms with Crippen LogP contribution in [-0.2, 0) is 25.4 Å². The average Bonchev–Trinajstić information content (AvgIpc) is 3.41. The smallest absolute Gasteiger partial charge is 0.330 e. The molecule has 3 heterocycles. The molecule has 4 aromatic rings. The van der Waals surface area contributed by atoms with Crippen LogP contribution in [-0.4, -0.2) is 29.3 Å². The third kappa shape index (κ3) is 5.14. The van der Waals surface area contributed by atoms with E-state index in [1.807, 2.05) is 18.4 Å². The highest BCUT2D eigenvalue weighted by atomic mass is 35.5. The number of benzene rings is 1. The van der Waals surface area contributed by atoms with E-state index in [1.165, 1.54) is 16.3 Å². The Morgan fingerprint density at radius 2 is 1.94 bits per heavy atom. The van der Waals surface area contributed by atoms with Gasteiger partial charge >= 0.3 is 5.69 Å². The van der Waals surface area contributed by atoms with Crippen molar-refractivity contribution in [3.63, 3.8) is 0 Å². The van der Waals surface area contributed by atoms with Gasteiger partial charge in [0.25, 0.3) is 16.7 Å². The molecule has 0 aliphatic rings. The van der Waals surface area contributed by atoms with Crippen LogP contribution < -0.4 is 16.0 Å². The lowest BCUT2D eigenvalue weighted by molar-refractivity contribution is 0.252. The summed E-state index contributed by atoms with van der Waals surface area (Å²) in [6.45, 7) is 5.12. The number of ether oxygens (including phenoxy) is 1. The lowest BCUT2D eigenvalue weighted by atomic mass is 10.3. The van der Waals surface area contributed by atoms with E-state index in [0.29, 0.717) is 57.7 Å². The van der Waals surface area contributed by atoms with Crippen LogP contribution in [0.4, 0.5) is 0 Å². The molecule has 0 saturated heterocycles. The molecule has 0 amide bonds. The fourth-order valence-corrected chi connectivity index (χ4v) is 4.20. The fraction of sp³-hybridized carbons (Fsp3) is 0.381. The molecule has 0 spiro atoms. The quantitative estimate of drug-likeness (QED) is 0.334. The maximum absolute atomic E-state index is 12.5. The molecule has 0 aliphatic carbocycles. The van der Waals surface area contributed by atoms with Crippen LogP contribution in [0, 0.1) is 0 Å². The summed E-state index contributed by atoms with van der Waals surface area (Å²) in [5.74, 6) is 2.02. The van der Waals surface area contributed by atoms with E-state index in [4.69, 9.17) is 20.8 Å². The first-order valence-electron chi connectivity index (χ1n) is 10.6. The average molecular weight is 491 g/mol. The maximum atomic E-state index is 12.5. The first-order valence-corrected chi connectivity index (χ1v) is 11.9. The topological polar surface area (TPSA) is 121 Å². The molecule has 1 N–H and O–H groups in total. The molecule has 0 radical (unpaired) electrons. The summed E-state index contributed by atoms with van der Waals surface area (Å²) in [6, 6.07) is 6.98. The molecule has 1 aromatic carbocycles. The number of hydrogen-bond donors (Lipinski definition) is 1. The van der Waals surface area contributed by atoms with Gasteiger partial charge in [-0.1, -0.05) is 36.7 Å². The van der Waals surface area contributed by atoms with Crippen LogP contribution >= 0.6 is 23.4 Å². The van der Waals surface area contributed by atoms with Crippen LogP contribution in [0.1, 0.15) is 38.4 Å². The molecule has 0 unspecified atom stereocenters. The second-order valence-electron chi connectivity index (χ2n) is 7.20. The normalized spacial score (nSPS) is 11.4. The first kappa shape index (κ1) is 23.1. The summed E-state index contributed by atoms with van der Waals surface area (Å²) in [4.78, 5) is 31.9. The molecule has 33 heavy (non-hydrogen) atoms. The SMILES string of the molecule is CCCCn1c(=O)[nH]c(=O)c2c1nc(CSc1nnc(COc3ccc(Cl)cc3)o1)n2CC. The molecule has 174 valence electrons. The van der Waals surface area contributed by atoms with Gasteiger partial charge < -0.3 is 13.7 Å². The molecule has 0 saturated carbocycles. The van der Waals surface area contributed by atoms with Gasteiger partial charge in [-0.25, -0.2) is 9.78 Å². The number of hydrogen-bond acceptors (Lipinski definition) is 8. The summed E-state index contributed by atoms with van der Waals surface area (Å²) in [5.41, 5.74) is -0.0838. The van der Waals surface area contributed by atoms with Crippen LogP contribution in [0.15, 0.2) is 43.5 Å². The Balaban J connectivity index is 1.50. The maximum Gasteiger partial charge on any atom is 0.330 e. The molecule has 0 aliphatic heterocycles. The Bertz CT molecular complexity index is 1360. The van der Waals surface area contributed by atoms with E-state index >= 15 is 0 Å². The van der Waals surface area contributed by atoms with E-state index in [-0.39, 0.29) is 6.61 Å². The van der Waals surface area contributed by atoms with Crippen LogP contribution in [0.5, 0.6) is 5.75 Å². The molecule has 0 fully saturated rings. The number of nitrogens with one attached hydrogen (secondary N) is 1. The lowest BCUT2D eigenvalue weighted by Gasteiger charge is -2.06. The van der Waals surface area contributed by atoms with Crippen molar-refractivity contribution in [2.75, 3.05) is 0 Å². The first-order chi connectivity index (χ1) is 16.0. The fourth-order valence-electron chi connectivity index (χ4n) is 3.35. The molecule has 3 aromatic heterocycles. The predicted molar refractivity (Wildman–Crippen MR) is 125 cm³/mol. The largest absolute Gasteiger partial charge is 0.484 e. The summed E-state index contributed by atoms with van der Waals surface area (Å²) in [7, 11) is 0. The number of aryl methyl sites for hydroxylation is 2. The van der Waals surface area contributed by atoms with E-state index in [1.54, 1.807) is 24.3 Å². The number of aromatic nitrogens is 6. The molecule has 0 atom stereocenters. The van der Waals surface area contributed by atoms with Crippen LogP contribution in [0.3, 0.4) is 0 Å². The van der Waals surface area contributed by atoms with Crippen molar-refractivity contribution >= 4 is 34.5 Å². The van der Waals surface area contributed by atoms with E-state index < -0.39 is 11.2 Å². The van der Waals surface area contributed by atoms with E-state index in [9.17, 15) is 9.59 Å². The lowest BCUT2D eigenvalue weighted by Crippen LogP contribution is -2.31. The molecule has 12 heteroatoms. The van der Waals surface area contributed by atoms with Gasteiger partial charge in [0.1, 0.15) is 11.6 Å². The number of fused-ring (bicyclic) bond motifs is 1. The van der Waals surface area contributed by atoms with Crippen molar-refractivity contribution in [2.24, 2.45) is 0 Å². The van der Waals surface area contributed by atoms with Crippen molar-refractivity contribution in [3.05, 3.63) is 61.8 Å². The highest BCUT2D eigenvalue weighted by Crippen LogP contribution is 2.24. The molecule has 0 bridgehead atoms. The number of halogens is 1.